The molecular weight excluding hydrogens is 256 g/mol. The summed E-state index contributed by atoms with van der Waals surface area (Å²) >= 11 is 0. The van der Waals surface area contributed by atoms with Crippen LogP contribution in [0.3, 0.4) is 0 Å². The Bertz CT molecular complexity index is 353. The molecule has 116 valence electrons. The highest BCUT2D eigenvalue weighted by molar-refractivity contribution is 5.81. The number of piperidine rings is 1. The molecule has 1 amide bonds. The highest BCUT2D eigenvalue weighted by Crippen LogP contribution is 2.35. The fourth-order valence-corrected chi connectivity index (χ4v) is 3.18. The fraction of sp³-hybridized carbons (Fsp3) is 0.867. The van der Waals surface area contributed by atoms with Crippen LogP contribution in [0.5, 0.6) is 0 Å². The molecule has 0 aromatic heterocycles. The standard InChI is InChI=1S/C15H28N2O3/c1-4-6-15(14(19)20)7-5-8-17(10-15)13(18)12(9-16)11(2)3/h11-12H,4-10,16H2,1-3H3,(H,19,20). The Morgan fingerprint density at radius 1 is 1.40 bits per heavy atom. The maximum absolute atomic E-state index is 12.5. The molecule has 0 spiro atoms. The van der Waals surface area contributed by atoms with Crippen molar-refractivity contribution in [3.63, 3.8) is 0 Å². The van der Waals surface area contributed by atoms with Crippen LogP contribution in [-0.2, 0) is 9.59 Å². The van der Waals surface area contributed by atoms with Crippen LogP contribution in [0.15, 0.2) is 0 Å². The molecule has 5 heteroatoms. The number of nitrogens with zero attached hydrogens (tertiary/aromatic N) is 1. The molecule has 2 unspecified atom stereocenters. The van der Waals surface area contributed by atoms with Crippen LogP contribution in [0.4, 0.5) is 0 Å². The normalized spacial score (nSPS) is 24.8. The highest BCUT2D eigenvalue weighted by atomic mass is 16.4. The second kappa shape index (κ2) is 7.07. The van der Waals surface area contributed by atoms with E-state index in [0.29, 0.717) is 32.5 Å². The predicted octanol–water partition coefficient (Wildman–Crippen LogP) is 1.71. The first-order valence-corrected chi connectivity index (χ1v) is 7.60. The summed E-state index contributed by atoms with van der Waals surface area (Å²) in [5.74, 6) is -0.782. The van der Waals surface area contributed by atoms with Gasteiger partial charge >= 0.3 is 5.97 Å². The van der Waals surface area contributed by atoms with E-state index in [2.05, 4.69) is 0 Å². The van der Waals surface area contributed by atoms with Gasteiger partial charge in [0.2, 0.25) is 5.91 Å². The van der Waals surface area contributed by atoms with E-state index in [4.69, 9.17) is 5.73 Å². The third-order valence-corrected chi connectivity index (χ3v) is 4.45. The van der Waals surface area contributed by atoms with Crippen LogP contribution < -0.4 is 5.73 Å². The van der Waals surface area contributed by atoms with Crippen LogP contribution >= 0.6 is 0 Å². The van der Waals surface area contributed by atoms with Gasteiger partial charge in [-0.1, -0.05) is 27.2 Å². The van der Waals surface area contributed by atoms with E-state index in [0.717, 1.165) is 12.8 Å². The summed E-state index contributed by atoms with van der Waals surface area (Å²) in [5.41, 5.74) is 4.94. The van der Waals surface area contributed by atoms with Crippen molar-refractivity contribution in [3.8, 4) is 0 Å². The molecule has 0 aliphatic carbocycles. The van der Waals surface area contributed by atoms with Gasteiger partial charge in [-0.25, -0.2) is 0 Å². The van der Waals surface area contributed by atoms with Crippen LogP contribution in [0.2, 0.25) is 0 Å². The van der Waals surface area contributed by atoms with Crippen molar-refractivity contribution in [3.05, 3.63) is 0 Å². The van der Waals surface area contributed by atoms with E-state index in [-0.39, 0.29) is 17.7 Å². The molecule has 2 atom stereocenters. The first kappa shape index (κ1) is 17.0. The monoisotopic (exact) mass is 284 g/mol. The zero-order chi connectivity index (χ0) is 15.3. The second-order valence-electron chi connectivity index (χ2n) is 6.29. The number of hydrogen-bond acceptors (Lipinski definition) is 3. The molecule has 0 radical (unpaired) electrons. The zero-order valence-electron chi connectivity index (χ0n) is 12.9. The maximum Gasteiger partial charge on any atom is 0.311 e. The minimum atomic E-state index is -0.773. The largest absolute Gasteiger partial charge is 0.481 e. The van der Waals surface area contributed by atoms with Crippen molar-refractivity contribution in [1.82, 2.24) is 4.90 Å². The summed E-state index contributed by atoms with van der Waals surface area (Å²) in [6.07, 6.45) is 2.86. The smallest absolute Gasteiger partial charge is 0.311 e. The molecule has 0 aromatic carbocycles. The topological polar surface area (TPSA) is 83.6 Å². The molecule has 3 N–H and O–H groups in total. The summed E-state index contributed by atoms with van der Waals surface area (Å²) < 4.78 is 0. The number of amides is 1. The molecule has 20 heavy (non-hydrogen) atoms. The van der Waals surface area contributed by atoms with Gasteiger partial charge < -0.3 is 15.7 Å². The van der Waals surface area contributed by atoms with E-state index in [1.165, 1.54) is 0 Å². The van der Waals surface area contributed by atoms with Crippen molar-refractivity contribution >= 4 is 11.9 Å². The Morgan fingerprint density at radius 2 is 2.05 bits per heavy atom. The summed E-state index contributed by atoms with van der Waals surface area (Å²) in [6.45, 7) is 7.26. The number of rotatable bonds is 6. The van der Waals surface area contributed by atoms with Gasteiger partial charge in [0.15, 0.2) is 0 Å². The number of carbonyl (C=O) groups is 2. The lowest BCUT2D eigenvalue weighted by atomic mass is 9.76. The number of hydrogen-bond donors (Lipinski definition) is 2. The van der Waals surface area contributed by atoms with Gasteiger partial charge in [0.25, 0.3) is 0 Å². The van der Waals surface area contributed by atoms with Crippen molar-refractivity contribution in [2.45, 2.75) is 46.5 Å². The van der Waals surface area contributed by atoms with Crippen LogP contribution in [0.1, 0.15) is 46.5 Å². The Hall–Kier alpha value is -1.10. The van der Waals surface area contributed by atoms with Gasteiger partial charge in [-0.05, 0) is 25.2 Å². The molecule has 1 heterocycles. The summed E-state index contributed by atoms with van der Waals surface area (Å²) in [5, 5.41) is 9.56. The van der Waals surface area contributed by atoms with E-state index in [9.17, 15) is 14.7 Å². The maximum atomic E-state index is 12.5. The number of carboxylic acids is 1. The van der Waals surface area contributed by atoms with E-state index in [1.54, 1.807) is 4.90 Å². The minimum Gasteiger partial charge on any atom is -0.481 e. The lowest BCUT2D eigenvalue weighted by molar-refractivity contribution is -0.156. The van der Waals surface area contributed by atoms with Gasteiger partial charge in [0, 0.05) is 19.6 Å². The predicted molar refractivity (Wildman–Crippen MR) is 78.2 cm³/mol. The average Bonchev–Trinajstić information content (AvgIpc) is 2.39. The van der Waals surface area contributed by atoms with Crippen molar-refractivity contribution < 1.29 is 14.7 Å². The Labute approximate surface area is 121 Å². The van der Waals surface area contributed by atoms with Crippen molar-refractivity contribution in [2.75, 3.05) is 19.6 Å². The Morgan fingerprint density at radius 3 is 2.50 bits per heavy atom. The van der Waals surface area contributed by atoms with E-state index in [1.807, 2.05) is 20.8 Å². The summed E-state index contributed by atoms with van der Waals surface area (Å²) in [4.78, 5) is 25.9. The number of carbonyl (C=O) groups excluding carboxylic acids is 1. The Kier molecular flexibility index (Phi) is 5.99. The van der Waals surface area contributed by atoms with Crippen molar-refractivity contribution in [2.24, 2.45) is 23.0 Å². The molecule has 1 saturated heterocycles. The minimum absolute atomic E-state index is 0.0175. The molecule has 0 aromatic rings. The highest BCUT2D eigenvalue weighted by Gasteiger charge is 2.43. The van der Waals surface area contributed by atoms with Gasteiger partial charge in [0.1, 0.15) is 0 Å². The third-order valence-electron chi connectivity index (χ3n) is 4.45. The van der Waals surface area contributed by atoms with Crippen LogP contribution in [-0.4, -0.2) is 41.5 Å². The van der Waals surface area contributed by atoms with Gasteiger partial charge in [0.05, 0.1) is 11.3 Å². The zero-order valence-corrected chi connectivity index (χ0v) is 12.9. The van der Waals surface area contributed by atoms with Gasteiger partial charge in [-0.15, -0.1) is 0 Å². The molecule has 1 aliphatic heterocycles. The summed E-state index contributed by atoms with van der Waals surface area (Å²) in [7, 11) is 0. The van der Waals surface area contributed by atoms with Gasteiger partial charge in [-0.3, -0.25) is 9.59 Å². The number of nitrogens with two attached hydrogens (primary N) is 1. The molecule has 1 rings (SSSR count). The van der Waals surface area contributed by atoms with Gasteiger partial charge in [-0.2, -0.15) is 0 Å². The SMILES string of the molecule is CCCC1(C(=O)O)CCCN(C(=O)C(CN)C(C)C)C1. The van der Waals surface area contributed by atoms with E-state index < -0.39 is 11.4 Å². The third kappa shape index (κ3) is 3.51. The molecular formula is C15H28N2O3. The van der Waals surface area contributed by atoms with Crippen molar-refractivity contribution in [1.29, 1.82) is 0 Å². The molecule has 1 aliphatic rings. The van der Waals surface area contributed by atoms with Crippen LogP contribution in [0.25, 0.3) is 0 Å². The first-order valence-electron chi connectivity index (χ1n) is 7.60. The first-order chi connectivity index (χ1) is 9.38. The summed E-state index contributed by atoms with van der Waals surface area (Å²) in [6, 6.07) is 0. The quantitative estimate of drug-likeness (QED) is 0.777. The lowest BCUT2D eigenvalue weighted by Crippen LogP contribution is -2.52. The van der Waals surface area contributed by atoms with Crippen LogP contribution in [0, 0.1) is 17.3 Å². The molecule has 5 nitrogen and oxygen atoms in total. The second-order valence-corrected chi connectivity index (χ2v) is 6.29. The van der Waals surface area contributed by atoms with E-state index >= 15 is 0 Å². The average molecular weight is 284 g/mol. The molecule has 0 bridgehead atoms. The number of aliphatic carboxylic acids is 1. The molecule has 0 saturated carbocycles. The molecule has 1 fully saturated rings. The lowest BCUT2D eigenvalue weighted by Gasteiger charge is -2.41. The Balaban J connectivity index is 2.87. The number of likely N-dealkylation sites (tertiary alicyclic amines) is 1. The number of carboxylic acid groups (broad SMARTS) is 1. The fourth-order valence-electron chi connectivity index (χ4n) is 3.18.